The number of carbonyl (C=O) groups excluding carboxylic acids is 6. The third kappa shape index (κ3) is 10.8. The summed E-state index contributed by atoms with van der Waals surface area (Å²) in [6, 6.07) is 11.4. The van der Waals surface area contributed by atoms with Gasteiger partial charge in [0.05, 0.1) is 14.2 Å². The molecular weight excluding hydrogens is 570 g/mol. The van der Waals surface area contributed by atoms with Gasteiger partial charge in [-0.3, -0.25) is 28.8 Å². The quantitative estimate of drug-likeness (QED) is 0.334. The molecule has 1 aliphatic heterocycles. The highest BCUT2D eigenvalue weighted by atomic mass is 16.5. The van der Waals surface area contributed by atoms with Crippen LogP contribution in [-0.4, -0.2) is 73.9 Å². The van der Waals surface area contributed by atoms with Gasteiger partial charge < -0.3 is 29.7 Å². The molecule has 12 nitrogen and oxygen atoms in total. The Balaban J connectivity index is 0.00000125. The molecule has 1 atom stereocenters. The summed E-state index contributed by atoms with van der Waals surface area (Å²) in [5, 5.41) is 5.31. The number of hydrogen-bond acceptors (Lipinski definition) is 9. The highest BCUT2D eigenvalue weighted by Crippen LogP contribution is 2.34. The third-order valence-electron chi connectivity index (χ3n) is 6.18. The van der Waals surface area contributed by atoms with Crippen LogP contribution in [0.3, 0.4) is 0 Å². The number of esters is 3. The minimum atomic E-state index is -1.14. The molecule has 0 fully saturated rings. The number of hydrogen-bond donors (Lipinski definition) is 2. The van der Waals surface area contributed by atoms with Gasteiger partial charge in [0.25, 0.3) is 5.91 Å². The van der Waals surface area contributed by atoms with Crippen LogP contribution in [0.4, 0.5) is 5.69 Å². The SMILES string of the molecule is CC.COC(=O)CNC(=O)C(COC(C)=O)N1Cc2c(cccc2-c2ccc(NC(=O)C(C)(C)C)cc2)C1=O.COC(C)=O. The minimum absolute atomic E-state index is 0.102. The molecule has 0 saturated heterocycles. The molecule has 0 bridgehead atoms. The Hall–Kier alpha value is -4.74. The number of amides is 3. The van der Waals surface area contributed by atoms with Gasteiger partial charge in [-0.2, -0.15) is 0 Å². The van der Waals surface area contributed by atoms with Crippen LogP contribution in [0, 0.1) is 5.41 Å². The van der Waals surface area contributed by atoms with E-state index in [0.717, 1.165) is 11.1 Å². The van der Waals surface area contributed by atoms with Crippen LogP contribution >= 0.6 is 0 Å². The molecule has 2 aromatic rings. The number of nitrogens with zero attached hydrogens (tertiary/aromatic N) is 1. The fourth-order valence-electron chi connectivity index (χ4n) is 3.78. The molecule has 0 aromatic heterocycles. The molecule has 1 heterocycles. The van der Waals surface area contributed by atoms with Crippen LogP contribution in [0.1, 0.15) is 64.4 Å². The molecule has 1 aliphatic rings. The van der Waals surface area contributed by atoms with Crippen molar-refractivity contribution in [1.29, 1.82) is 0 Å². The first-order valence-electron chi connectivity index (χ1n) is 14.1. The summed E-state index contributed by atoms with van der Waals surface area (Å²) in [5.74, 6) is -2.64. The number of benzene rings is 2. The van der Waals surface area contributed by atoms with E-state index in [1.807, 2.05) is 52.8 Å². The van der Waals surface area contributed by atoms with Crippen molar-refractivity contribution in [2.75, 3.05) is 32.7 Å². The molecule has 3 rings (SSSR count). The van der Waals surface area contributed by atoms with Gasteiger partial charge in [-0.05, 0) is 34.9 Å². The van der Waals surface area contributed by atoms with E-state index >= 15 is 0 Å². The van der Waals surface area contributed by atoms with E-state index < -0.39 is 35.2 Å². The molecule has 0 spiro atoms. The number of anilines is 1. The molecule has 3 amide bonds. The molecule has 0 saturated carbocycles. The fraction of sp³-hybridized carbons (Fsp3) is 0.438. The Kier molecular flexibility index (Phi) is 14.7. The van der Waals surface area contributed by atoms with E-state index in [9.17, 15) is 28.8 Å². The lowest BCUT2D eigenvalue weighted by Crippen LogP contribution is -2.50. The van der Waals surface area contributed by atoms with E-state index in [4.69, 9.17) is 4.74 Å². The molecule has 2 aromatic carbocycles. The normalized spacial score (nSPS) is 12.2. The van der Waals surface area contributed by atoms with Crippen LogP contribution in [0.15, 0.2) is 42.5 Å². The van der Waals surface area contributed by atoms with Crippen molar-refractivity contribution in [3.63, 3.8) is 0 Å². The molecule has 12 heteroatoms. The van der Waals surface area contributed by atoms with Gasteiger partial charge in [-0.25, -0.2) is 0 Å². The first-order chi connectivity index (χ1) is 20.7. The first kappa shape index (κ1) is 37.3. The van der Waals surface area contributed by atoms with Crippen LogP contribution < -0.4 is 10.6 Å². The monoisotopic (exact) mass is 613 g/mol. The zero-order chi connectivity index (χ0) is 33.6. The first-order valence-corrected chi connectivity index (χ1v) is 14.1. The van der Waals surface area contributed by atoms with Crippen LogP contribution in [0.25, 0.3) is 11.1 Å². The van der Waals surface area contributed by atoms with Crippen molar-refractivity contribution in [1.82, 2.24) is 10.2 Å². The summed E-state index contributed by atoms with van der Waals surface area (Å²) in [5.41, 5.74) is 2.88. The number of carbonyl (C=O) groups is 6. The van der Waals surface area contributed by atoms with E-state index in [1.54, 1.807) is 24.3 Å². The van der Waals surface area contributed by atoms with Gasteiger partial charge in [0.1, 0.15) is 19.2 Å². The molecule has 240 valence electrons. The van der Waals surface area contributed by atoms with E-state index in [0.29, 0.717) is 16.8 Å². The summed E-state index contributed by atoms with van der Waals surface area (Å²) in [4.78, 5) is 72.3. The summed E-state index contributed by atoms with van der Waals surface area (Å²) in [7, 11) is 2.54. The van der Waals surface area contributed by atoms with Gasteiger partial charge in [-0.1, -0.05) is 58.9 Å². The van der Waals surface area contributed by atoms with Gasteiger partial charge >= 0.3 is 17.9 Å². The molecule has 44 heavy (non-hydrogen) atoms. The maximum atomic E-state index is 13.3. The summed E-state index contributed by atoms with van der Waals surface area (Å²) in [6.45, 7) is 11.4. The second-order valence-corrected chi connectivity index (χ2v) is 10.4. The van der Waals surface area contributed by atoms with E-state index in [-0.39, 0.29) is 31.6 Å². The van der Waals surface area contributed by atoms with Crippen molar-refractivity contribution in [2.45, 2.75) is 61.1 Å². The lowest BCUT2D eigenvalue weighted by atomic mass is 9.95. The lowest BCUT2D eigenvalue weighted by Gasteiger charge is -2.26. The Morgan fingerprint density at radius 2 is 1.45 bits per heavy atom. The Morgan fingerprint density at radius 1 is 0.886 bits per heavy atom. The molecule has 0 aliphatic carbocycles. The highest BCUT2D eigenvalue weighted by Gasteiger charge is 2.38. The fourth-order valence-corrected chi connectivity index (χ4v) is 3.78. The Labute approximate surface area is 258 Å². The molecule has 0 radical (unpaired) electrons. The number of fused-ring (bicyclic) bond motifs is 1. The van der Waals surface area contributed by atoms with Gasteiger partial charge in [-0.15, -0.1) is 0 Å². The average molecular weight is 614 g/mol. The zero-order valence-corrected chi connectivity index (χ0v) is 26.9. The largest absolute Gasteiger partial charge is 0.469 e. The number of methoxy groups -OCH3 is 2. The molecule has 1 unspecified atom stereocenters. The van der Waals surface area contributed by atoms with Gasteiger partial charge in [0.15, 0.2) is 0 Å². The number of nitrogens with one attached hydrogen (secondary N) is 2. The maximum Gasteiger partial charge on any atom is 0.325 e. The highest BCUT2D eigenvalue weighted by molar-refractivity contribution is 6.03. The number of rotatable bonds is 8. The standard InChI is InChI=1S/C27H31N3O7.C3H6O2.C2H6/c1-16(31)37-15-22(24(33)28-13-23(32)36-5)30-14-21-19(7-6-8-20(21)25(30)34)17-9-11-18(12-10-17)29-26(35)27(2,3)4;1-3(4)5-2;1-2/h6-12,22H,13-15H2,1-5H3,(H,28,33)(H,29,35);1-2H3;1-2H3. The summed E-state index contributed by atoms with van der Waals surface area (Å²) < 4.78 is 13.7. The van der Waals surface area contributed by atoms with E-state index in [1.165, 1.54) is 33.0 Å². The second kappa shape index (κ2) is 17.4. The van der Waals surface area contributed by atoms with Gasteiger partial charge in [0.2, 0.25) is 11.8 Å². The molecule has 2 N–H and O–H groups in total. The summed E-state index contributed by atoms with van der Waals surface area (Å²) >= 11 is 0. The lowest BCUT2D eigenvalue weighted by molar-refractivity contribution is -0.146. The predicted octanol–water partition coefficient (Wildman–Crippen LogP) is 3.72. The molecular formula is C32H43N3O9. The Bertz CT molecular complexity index is 1330. The minimum Gasteiger partial charge on any atom is -0.469 e. The van der Waals surface area contributed by atoms with E-state index in [2.05, 4.69) is 20.1 Å². The van der Waals surface area contributed by atoms with Gasteiger partial charge in [0, 0.05) is 37.1 Å². The zero-order valence-electron chi connectivity index (χ0n) is 26.9. The maximum absolute atomic E-state index is 13.3. The van der Waals surface area contributed by atoms with Crippen molar-refractivity contribution < 1.29 is 43.0 Å². The van der Waals surface area contributed by atoms with Crippen LogP contribution in [0.5, 0.6) is 0 Å². The third-order valence-corrected chi connectivity index (χ3v) is 6.18. The van der Waals surface area contributed by atoms with Crippen LogP contribution in [-0.2, 0) is 44.7 Å². The summed E-state index contributed by atoms with van der Waals surface area (Å²) in [6.07, 6.45) is 0. The second-order valence-electron chi connectivity index (χ2n) is 10.4. The topological polar surface area (TPSA) is 157 Å². The Morgan fingerprint density at radius 3 is 1.95 bits per heavy atom. The van der Waals surface area contributed by atoms with Crippen molar-refractivity contribution in [3.05, 3.63) is 53.6 Å². The van der Waals surface area contributed by atoms with Crippen molar-refractivity contribution in [2.24, 2.45) is 5.41 Å². The van der Waals surface area contributed by atoms with Crippen LogP contribution in [0.2, 0.25) is 0 Å². The van der Waals surface area contributed by atoms with Crippen molar-refractivity contribution in [3.8, 4) is 11.1 Å². The number of ether oxygens (including phenoxy) is 3. The average Bonchev–Trinajstić information content (AvgIpc) is 3.33. The predicted molar refractivity (Wildman–Crippen MR) is 164 cm³/mol. The van der Waals surface area contributed by atoms with Crippen molar-refractivity contribution >= 4 is 41.3 Å². The smallest absolute Gasteiger partial charge is 0.325 e.